The van der Waals surface area contributed by atoms with Gasteiger partial charge in [-0.15, -0.1) is 0 Å². The Morgan fingerprint density at radius 2 is 1.50 bits per heavy atom. The van der Waals surface area contributed by atoms with Crippen LogP contribution in [0.2, 0.25) is 0 Å². The van der Waals surface area contributed by atoms with Crippen LogP contribution in [0, 0.1) is 0 Å². The number of amides is 1. The number of esters is 2. The number of aromatic nitrogens is 1. The van der Waals surface area contributed by atoms with E-state index in [0.29, 0.717) is 16.6 Å². The third-order valence-electron chi connectivity index (χ3n) is 5.22. The van der Waals surface area contributed by atoms with Gasteiger partial charge in [0.25, 0.3) is 5.91 Å². The lowest BCUT2D eigenvalue weighted by atomic mass is 9.94. The maximum Gasteiger partial charge on any atom is 0.340 e. The lowest BCUT2D eigenvalue weighted by molar-refractivity contribution is -0.143. The third kappa shape index (κ3) is 4.94. The van der Waals surface area contributed by atoms with Crippen molar-refractivity contribution < 1.29 is 23.9 Å². The first-order chi connectivity index (χ1) is 16.6. The number of carbonyl (C=O) groups excluding carboxylic acids is 3. The molecule has 0 aliphatic carbocycles. The zero-order valence-electron chi connectivity index (χ0n) is 18.5. The Balaban J connectivity index is 1.61. The minimum absolute atomic E-state index is 0.230. The number of pyridine rings is 1. The van der Waals surface area contributed by atoms with Gasteiger partial charge < -0.3 is 14.8 Å². The molecule has 34 heavy (non-hydrogen) atoms. The topological polar surface area (TPSA) is 94.6 Å². The Labute approximate surface area is 196 Å². The largest absolute Gasteiger partial charge is 0.465 e. The quantitative estimate of drug-likeness (QED) is 0.422. The summed E-state index contributed by atoms with van der Waals surface area (Å²) in [6, 6.07) is 25.4. The summed E-state index contributed by atoms with van der Waals surface area (Å²) < 4.78 is 10.4. The summed E-state index contributed by atoms with van der Waals surface area (Å²) in [6.07, 6.45) is 0. The van der Waals surface area contributed by atoms with Crippen LogP contribution in [0.5, 0.6) is 0 Å². The molecule has 0 aliphatic rings. The second-order valence-corrected chi connectivity index (χ2v) is 7.39. The van der Waals surface area contributed by atoms with Crippen LogP contribution in [0.3, 0.4) is 0 Å². The van der Waals surface area contributed by atoms with Crippen LogP contribution in [0.15, 0.2) is 84.9 Å². The predicted molar refractivity (Wildman–Crippen MR) is 127 cm³/mol. The molecule has 0 saturated carbocycles. The van der Waals surface area contributed by atoms with E-state index >= 15 is 0 Å². The molecule has 0 bridgehead atoms. The van der Waals surface area contributed by atoms with Gasteiger partial charge >= 0.3 is 11.9 Å². The van der Waals surface area contributed by atoms with Crippen molar-refractivity contribution >= 4 is 28.7 Å². The van der Waals surface area contributed by atoms with Crippen molar-refractivity contribution in [3.63, 3.8) is 0 Å². The fourth-order valence-electron chi connectivity index (χ4n) is 3.64. The van der Waals surface area contributed by atoms with Gasteiger partial charge in [0.2, 0.25) is 0 Å². The number of hydrogen-bond acceptors (Lipinski definition) is 6. The highest BCUT2D eigenvalue weighted by Crippen LogP contribution is 2.33. The Morgan fingerprint density at radius 1 is 0.853 bits per heavy atom. The van der Waals surface area contributed by atoms with Gasteiger partial charge in [-0.25, -0.2) is 9.78 Å². The molecular weight excluding hydrogens is 432 g/mol. The highest BCUT2D eigenvalue weighted by molar-refractivity contribution is 6.07. The molecule has 0 atom stereocenters. The predicted octanol–water partition coefficient (Wildman–Crippen LogP) is 4.16. The van der Waals surface area contributed by atoms with E-state index in [1.54, 1.807) is 30.3 Å². The molecule has 1 N–H and O–H groups in total. The number of hydrogen-bond donors (Lipinski definition) is 1. The van der Waals surface area contributed by atoms with Crippen LogP contribution in [0.4, 0.5) is 0 Å². The van der Waals surface area contributed by atoms with Gasteiger partial charge in [-0.2, -0.15) is 0 Å². The van der Waals surface area contributed by atoms with Crippen LogP contribution in [0.25, 0.3) is 22.0 Å². The number of rotatable bonds is 7. The molecule has 0 unspecified atom stereocenters. The van der Waals surface area contributed by atoms with Gasteiger partial charge in [0.1, 0.15) is 13.2 Å². The number of carbonyl (C=O) groups is 3. The molecule has 4 rings (SSSR count). The van der Waals surface area contributed by atoms with E-state index in [1.165, 1.54) is 7.11 Å². The highest BCUT2D eigenvalue weighted by Gasteiger charge is 2.24. The molecule has 1 heterocycles. The van der Waals surface area contributed by atoms with E-state index in [2.05, 4.69) is 10.3 Å². The zero-order valence-corrected chi connectivity index (χ0v) is 18.5. The van der Waals surface area contributed by atoms with Crippen molar-refractivity contribution in [1.29, 1.82) is 0 Å². The van der Waals surface area contributed by atoms with Gasteiger partial charge in [-0.1, -0.05) is 66.7 Å². The smallest absolute Gasteiger partial charge is 0.340 e. The first-order valence-corrected chi connectivity index (χ1v) is 10.6. The number of nitrogens with one attached hydrogen (secondary N) is 1. The van der Waals surface area contributed by atoms with Crippen LogP contribution in [0.1, 0.15) is 26.4 Å². The minimum Gasteiger partial charge on any atom is -0.465 e. The van der Waals surface area contributed by atoms with Gasteiger partial charge in [-0.05, 0) is 23.8 Å². The molecule has 1 aromatic heterocycles. The minimum atomic E-state index is -0.656. The van der Waals surface area contributed by atoms with E-state index in [1.807, 2.05) is 54.6 Å². The summed E-state index contributed by atoms with van der Waals surface area (Å²) in [6.45, 7) is -0.574. The highest BCUT2D eigenvalue weighted by atomic mass is 16.5. The zero-order chi connectivity index (χ0) is 23.9. The molecule has 3 aromatic carbocycles. The first kappa shape index (κ1) is 22.7. The Kier molecular flexibility index (Phi) is 6.93. The second-order valence-electron chi connectivity index (χ2n) is 7.39. The van der Waals surface area contributed by atoms with E-state index in [4.69, 9.17) is 9.47 Å². The van der Waals surface area contributed by atoms with Crippen LogP contribution < -0.4 is 5.32 Å². The van der Waals surface area contributed by atoms with Crippen molar-refractivity contribution in [2.45, 2.75) is 6.61 Å². The lowest BCUT2D eigenvalue weighted by Gasteiger charge is -2.16. The number of fused-ring (bicyclic) bond motifs is 1. The fraction of sp³-hybridized carbons (Fsp3) is 0.111. The van der Waals surface area contributed by atoms with Crippen LogP contribution in [-0.2, 0) is 20.9 Å². The van der Waals surface area contributed by atoms with Crippen molar-refractivity contribution in [3.8, 4) is 11.1 Å². The van der Waals surface area contributed by atoms with Crippen LogP contribution >= 0.6 is 0 Å². The van der Waals surface area contributed by atoms with Crippen molar-refractivity contribution in [2.75, 3.05) is 13.7 Å². The maximum absolute atomic E-state index is 12.8. The van der Waals surface area contributed by atoms with Crippen LogP contribution in [-0.4, -0.2) is 36.5 Å². The van der Waals surface area contributed by atoms with E-state index < -0.39 is 11.9 Å². The summed E-state index contributed by atoms with van der Waals surface area (Å²) in [7, 11) is 1.29. The molecule has 1 amide bonds. The van der Waals surface area contributed by atoms with E-state index in [-0.39, 0.29) is 30.3 Å². The first-order valence-electron chi connectivity index (χ1n) is 10.6. The number of nitrogens with zero attached hydrogens (tertiary/aromatic N) is 1. The van der Waals surface area contributed by atoms with Gasteiger partial charge in [0.05, 0.1) is 23.9 Å². The number of para-hydroxylation sites is 1. The molecule has 7 heteroatoms. The normalized spacial score (nSPS) is 10.5. The molecule has 170 valence electrons. The molecule has 7 nitrogen and oxygen atoms in total. The summed E-state index contributed by atoms with van der Waals surface area (Å²) in [4.78, 5) is 41.9. The Bertz CT molecular complexity index is 1340. The summed E-state index contributed by atoms with van der Waals surface area (Å²) in [5, 5.41) is 3.30. The van der Waals surface area contributed by atoms with Gasteiger partial charge in [0.15, 0.2) is 0 Å². The monoisotopic (exact) mass is 454 g/mol. The number of methoxy groups -OCH3 is 1. The summed E-state index contributed by atoms with van der Waals surface area (Å²) in [5.74, 6) is -1.63. The standard InChI is InChI=1S/C27H22N2O5/c1-33-27(32)25-22(17-34-23(30)16-28-26(31)19-12-6-3-7-13-19)29-21-15-9-8-14-20(21)24(25)18-10-4-2-5-11-18/h2-15H,16-17H2,1H3,(H,28,31). The molecule has 0 saturated heterocycles. The van der Waals surface area contributed by atoms with E-state index in [0.717, 1.165) is 10.9 Å². The fourth-order valence-corrected chi connectivity index (χ4v) is 3.64. The molecule has 0 spiro atoms. The average molecular weight is 454 g/mol. The SMILES string of the molecule is COC(=O)c1c(COC(=O)CNC(=O)c2ccccc2)nc2ccccc2c1-c1ccccc1. The van der Waals surface area contributed by atoms with Crippen molar-refractivity contribution in [3.05, 3.63) is 102 Å². The lowest BCUT2D eigenvalue weighted by Crippen LogP contribution is -2.30. The molecule has 0 radical (unpaired) electrons. The summed E-state index contributed by atoms with van der Waals surface area (Å²) in [5.41, 5.74) is 3.05. The van der Waals surface area contributed by atoms with Crippen molar-refractivity contribution in [1.82, 2.24) is 10.3 Å². The molecule has 0 aliphatic heterocycles. The maximum atomic E-state index is 12.8. The second kappa shape index (κ2) is 10.4. The Hall–Kier alpha value is -4.52. The van der Waals surface area contributed by atoms with Gasteiger partial charge in [-0.3, -0.25) is 9.59 Å². The van der Waals surface area contributed by atoms with E-state index in [9.17, 15) is 14.4 Å². The van der Waals surface area contributed by atoms with Crippen molar-refractivity contribution in [2.24, 2.45) is 0 Å². The average Bonchev–Trinajstić information content (AvgIpc) is 2.90. The van der Waals surface area contributed by atoms with Gasteiger partial charge in [0, 0.05) is 16.5 Å². The molecular formula is C27H22N2O5. The number of benzene rings is 3. The number of ether oxygens (including phenoxy) is 2. The molecule has 0 fully saturated rings. The summed E-state index contributed by atoms with van der Waals surface area (Å²) >= 11 is 0. The third-order valence-corrected chi connectivity index (χ3v) is 5.22. The molecule has 4 aromatic rings. The Morgan fingerprint density at radius 3 is 2.21 bits per heavy atom.